The molecule has 17 heavy (non-hydrogen) atoms. The van der Waals surface area contributed by atoms with E-state index in [4.69, 9.17) is 4.74 Å². The molecule has 0 aromatic heterocycles. The molecule has 3 aliphatic rings. The lowest BCUT2D eigenvalue weighted by Gasteiger charge is -2.35. The summed E-state index contributed by atoms with van der Waals surface area (Å²) in [4.78, 5) is 23.6. The van der Waals surface area contributed by atoms with Gasteiger partial charge in [-0.1, -0.05) is 19.3 Å². The van der Waals surface area contributed by atoms with Crippen LogP contribution >= 0.6 is 0 Å². The van der Waals surface area contributed by atoms with E-state index < -0.39 is 17.0 Å². The summed E-state index contributed by atoms with van der Waals surface area (Å²) in [6, 6.07) is 0. The van der Waals surface area contributed by atoms with Crippen molar-refractivity contribution in [1.82, 2.24) is 0 Å². The summed E-state index contributed by atoms with van der Waals surface area (Å²) in [5.41, 5.74) is -1.64. The lowest BCUT2D eigenvalue weighted by Crippen LogP contribution is -2.45. The molecule has 2 saturated carbocycles. The second kappa shape index (κ2) is 3.47. The molecule has 1 saturated heterocycles. The number of hydrogen-bond acceptors (Lipinski definition) is 3. The Hall–Kier alpha value is -1.06. The minimum Gasteiger partial charge on any atom is -0.478 e. The Morgan fingerprint density at radius 3 is 2.29 bits per heavy atom. The summed E-state index contributed by atoms with van der Waals surface area (Å²) >= 11 is 0. The maximum absolute atomic E-state index is 12.0. The quantitative estimate of drug-likeness (QED) is 0.748. The molecule has 1 unspecified atom stereocenters. The van der Waals surface area contributed by atoms with Gasteiger partial charge in [-0.05, 0) is 25.7 Å². The van der Waals surface area contributed by atoms with Gasteiger partial charge in [0.15, 0.2) is 0 Å². The van der Waals surface area contributed by atoms with Gasteiger partial charge in [0.2, 0.25) is 5.60 Å². The van der Waals surface area contributed by atoms with Gasteiger partial charge in [0.25, 0.3) is 0 Å². The molecule has 1 spiro atoms. The fourth-order valence-electron chi connectivity index (χ4n) is 3.78. The van der Waals surface area contributed by atoms with E-state index in [9.17, 15) is 14.7 Å². The molecule has 94 valence electrons. The molecule has 0 radical (unpaired) electrons. The summed E-state index contributed by atoms with van der Waals surface area (Å²) in [7, 11) is 0. The van der Waals surface area contributed by atoms with Gasteiger partial charge >= 0.3 is 11.9 Å². The number of ether oxygens (including phenoxy) is 1. The fourth-order valence-corrected chi connectivity index (χ4v) is 3.78. The fraction of sp³-hybridized carbons (Fsp3) is 0.846. The Balaban J connectivity index is 1.91. The normalized spacial score (nSPS) is 35.9. The molecule has 2 aliphatic carbocycles. The molecular weight excluding hydrogens is 220 g/mol. The van der Waals surface area contributed by atoms with Crippen LogP contribution in [-0.2, 0) is 14.3 Å². The first-order valence-electron chi connectivity index (χ1n) is 6.56. The number of cyclic esters (lactones) is 1. The van der Waals surface area contributed by atoms with Gasteiger partial charge in [0, 0.05) is 12.3 Å². The maximum Gasteiger partial charge on any atom is 0.348 e. The third kappa shape index (κ3) is 1.36. The van der Waals surface area contributed by atoms with Crippen molar-refractivity contribution in [3.05, 3.63) is 0 Å². The summed E-state index contributed by atoms with van der Waals surface area (Å²) in [6.45, 7) is 0. The maximum atomic E-state index is 12.0. The Labute approximate surface area is 100 Å². The van der Waals surface area contributed by atoms with Crippen LogP contribution in [-0.4, -0.2) is 22.6 Å². The summed E-state index contributed by atoms with van der Waals surface area (Å²) < 4.78 is 5.41. The monoisotopic (exact) mass is 238 g/mol. The molecule has 3 rings (SSSR count). The van der Waals surface area contributed by atoms with Crippen molar-refractivity contribution in [3.8, 4) is 0 Å². The van der Waals surface area contributed by atoms with Crippen molar-refractivity contribution in [3.63, 3.8) is 0 Å². The number of carbonyl (C=O) groups is 2. The Morgan fingerprint density at radius 2 is 1.88 bits per heavy atom. The van der Waals surface area contributed by atoms with Crippen molar-refractivity contribution in [2.45, 2.75) is 57.0 Å². The number of hydrogen-bond donors (Lipinski definition) is 1. The van der Waals surface area contributed by atoms with Crippen molar-refractivity contribution in [2.24, 2.45) is 11.3 Å². The minimum absolute atomic E-state index is 0.0314. The van der Waals surface area contributed by atoms with Gasteiger partial charge in [0.1, 0.15) is 0 Å². The second-order valence-electron chi connectivity index (χ2n) is 5.88. The van der Waals surface area contributed by atoms with E-state index >= 15 is 0 Å². The first kappa shape index (κ1) is 11.1. The molecule has 0 aromatic carbocycles. The molecule has 4 nitrogen and oxygen atoms in total. The number of aliphatic carboxylic acids is 1. The van der Waals surface area contributed by atoms with Crippen molar-refractivity contribution in [2.75, 3.05) is 0 Å². The highest BCUT2D eigenvalue weighted by molar-refractivity contribution is 5.90. The van der Waals surface area contributed by atoms with Crippen LogP contribution in [0.15, 0.2) is 0 Å². The molecule has 1 N–H and O–H groups in total. The van der Waals surface area contributed by atoms with Crippen LogP contribution in [0.4, 0.5) is 0 Å². The molecule has 0 aromatic rings. The zero-order chi connectivity index (χ0) is 12.1. The highest BCUT2D eigenvalue weighted by atomic mass is 16.6. The first-order chi connectivity index (χ1) is 8.09. The predicted molar refractivity (Wildman–Crippen MR) is 59.3 cm³/mol. The van der Waals surface area contributed by atoms with Gasteiger partial charge in [-0.3, -0.25) is 4.79 Å². The first-order valence-corrected chi connectivity index (χ1v) is 6.56. The third-order valence-corrected chi connectivity index (χ3v) is 5.00. The zero-order valence-electron chi connectivity index (χ0n) is 9.91. The van der Waals surface area contributed by atoms with E-state index in [1.165, 1.54) is 0 Å². The van der Waals surface area contributed by atoms with Crippen LogP contribution in [0.25, 0.3) is 0 Å². The molecule has 3 fully saturated rings. The van der Waals surface area contributed by atoms with Gasteiger partial charge < -0.3 is 9.84 Å². The van der Waals surface area contributed by atoms with E-state index in [0.717, 1.165) is 44.9 Å². The average Bonchev–Trinajstić information content (AvgIpc) is 2.81. The smallest absolute Gasteiger partial charge is 0.348 e. The molecule has 1 aliphatic heterocycles. The summed E-state index contributed by atoms with van der Waals surface area (Å²) in [6.07, 6.45) is 6.95. The Morgan fingerprint density at radius 1 is 1.24 bits per heavy atom. The number of carbonyl (C=O) groups excluding carboxylic acids is 1. The lowest BCUT2D eigenvalue weighted by atomic mass is 9.63. The topological polar surface area (TPSA) is 63.6 Å². The molecule has 0 bridgehead atoms. The second-order valence-corrected chi connectivity index (χ2v) is 5.88. The van der Waals surface area contributed by atoms with Gasteiger partial charge in [-0.15, -0.1) is 0 Å². The highest BCUT2D eigenvalue weighted by Gasteiger charge is 2.65. The predicted octanol–water partition coefficient (Wildman–Crippen LogP) is 2.12. The molecular formula is C13H18O4. The summed E-state index contributed by atoms with van der Waals surface area (Å²) in [5, 5.41) is 9.52. The number of rotatable bonds is 2. The number of esters is 1. The average molecular weight is 238 g/mol. The highest BCUT2D eigenvalue weighted by Crippen LogP contribution is 2.57. The van der Waals surface area contributed by atoms with Crippen LogP contribution in [0.2, 0.25) is 0 Å². The third-order valence-electron chi connectivity index (χ3n) is 5.00. The Bertz CT molecular complexity index is 366. The Kier molecular flexibility index (Phi) is 2.25. The SMILES string of the molecule is O=C1OC(C(=O)O)(C2CCCC2)CC12CCC2. The van der Waals surface area contributed by atoms with Gasteiger partial charge in [-0.2, -0.15) is 0 Å². The zero-order valence-corrected chi connectivity index (χ0v) is 9.91. The van der Waals surface area contributed by atoms with E-state index in [0.29, 0.717) is 6.42 Å². The standard InChI is InChI=1S/C13H18O4/c14-10(15)13(9-4-1-2-5-9)8-12(6-3-7-12)11(16)17-13/h9H,1-8H2,(H,14,15). The van der Waals surface area contributed by atoms with Gasteiger partial charge in [-0.25, -0.2) is 4.79 Å². The van der Waals surface area contributed by atoms with Crippen LogP contribution < -0.4 is 0 Å². The molecule has 0 amide bonds. The van der Waals surface area contributed by atoms with E-state index in [1.54, 1.807) is 0 Å². The molecule has 4 heteroatoms. The molecule has 1 heterocycles. The lowest BCUT2D eigenvalue weighted by molar-refractivity contribution is -0.177. The number of carboxylic acid groups (broad SMARTS) is 1. The van der Waals surface area contributed by atoms with Crippen LogP contribution in [0, 0.1) is 11.3 Å². The van der Waals surface area contributed by atoms with Crippen molar-refractivity contribution < 1.29 is 19.4 Å². The van der Waals surface area contributed by atoms with Crippen LogP contribution in [0.1, 0.15) is 51.4 Å². The number of carboxylic acids is 1. The van der Waals surface area contributed by atoms with E-state index in [2.05, 4.69) is 0 Å². The van der Waals surface area contributed by atoms with Crippen LogP contribution in [0.3, 0.4) is 0 Å². The minimum atomic E-state index is -1.20. The van der Waals surface area contributed by atoms with E-state index in [1.807, 2.05) is 0 Å². The van der Waals surface area contributed by atoms with Crippen molar-refractivity contribution in [1.29, 1.82) is 0 Å². The van der Waals surface area contributed by atoms with Gasteiger partial charge in [0.05, 0.1) is 5.41 Å². The summed E-state index contributed by atoms with van der Waals surface area (Å²) in [5.74, 6) is -1.15. The molecule has 1 atom stereocenters. The van der Waals surface area contributed by atoms with Crippen molar-refractivity contribution >= 4 is 11.9 Å². The van der Waals surface area contributed by atoms with E-state index in [-0.39, 0.29) is 11.9 Å². The largest absolute Gasteiger partial charge is 0.478 e. The van der Waals surface area contributed by atoms with Crippen LogP contribution in [0.5, 0.6) is 0 Å².